The third-order valence-corrected chi connectivity index (χ3v) is 12.4. The normalized spacial score (nSPS) is 24.8. The molecule has 2 aliphatic carbocycles. The van der Waals surface area contributed by atoms with E-state index in [1.165, 1.54) is 25.2 Å². The van der Waals surface area contributed by atoms with Crippen molar-refractivity contribution in [1.29, 1.82) is 0 Å². The van der Waals surface area contributed by atoms with E-state index in [1.807, 2.05) is 97.9 Å². The molecule has 3 fully saturated rings. The van der Waals surface area contributed by atoms with E-state index >= 15 is 9.59 Å². The summed E-state index contributed by atoms with van der Waals surface area (Å²) in [7, 11) is 2.95. The SMILES string of the molecule is COc1cc(O)c([C@H]2C3=CC[C@@H]4C(=O)N(c5ccc(Nc6ccccc6)cc5)C(=O)[C@@H]4[C@@H]3C[C@H]3C(=O)N(Nc4ccc(C)cc4)C(=O)[C@@]23c2ccccc2)c(OC)c1. The number of anilines is 4. The van der Waals surface area contributed by atoms with Crippen molar-refractivity contribution in [2.45, 2.75) is 31.1 Å². The van der Waals surface area contributed by atoms with E-state index in [2.05, 4.69) is 10.7 Å². The molecule has 11 heteroatoms. The highest BCUT2D eigenvalue weighted by molar-refractivity contribution is 6.22. The molecular formula is C47H42N4O7. The number of carbonyl (C=O) groups excluding carboxylic acids is 4. The minimum absolute atomic E-state index is 0.112. The Kier molecular flexibility index (Phi) is 9.03. The van der Waals surface area contributed by atoms with Gasteiger partial charge in [0.25, 0.3) is 11.8 Å². The maximum Gasteiger partial charge on any atom is 0.260 e. The van der Waals surface area contributed by atoms with E-state index in [4.69, 9.17) is 9.47 Å². The minimum Gasteiger partial charge on any atom is -0.507 e. The highest BCUT2D eigenvalue weighted by Gasteiger charge is 2.71. The van der Waals surface area contributed by atoms with Crippen molar-refractivity contribution in [3.05, 3.63) is 150 Å². The Bertz CT molecular complexity index is 2470. The number of methoxy groups -OCH3 is 2. The molecule has 0 bridgehead atoms. The van der Waals surface area contributed by atoms with E-state index in [0.29, 0.717) is 33.8 Å². The molecule has 0 radical (unpaired) electrons. The summed E-state index contributed by atoms with van der Waals surface area (Å²) in [6, 6.07) is 36.5. The summed E-state index contributed by atoms with van der Waals surface area (Å²) in [5.41, 5.74) is 6.80. The number of phenols is 1. The number of ether oxygens (including phenoxy) is 2. The number of rotatable bonds is 9. The van der Waals surface area contributed by atoms with Gasteiger partial charge in [0.05, 0.1) is 48.8 Å². The first-order valence-electron chi connectivity index (χ1n) is 19.4. The van der Waals surface area contributed by atoms with Crippen molar-refractivity contribution in [3.8, 4) is 17.2 Å². The summed E-state index contributed by atoms with van der Waals surface area (Å²) in [5.74, 6) is -5.37. The molecule has 0 unspecified atom stereocenters. The van der Waals surface area contributed by atoms with Gasteiger partial charge in [0.2, 0.25) is 11.8 Å². The van der Waals surface area contributed by atoms with Gasteiger partial charge in [0.1, 0.15) is 17.2 Å². The summed E-state index contributed by atoms with van der Waals surface area (Å²) in [6.07, 6.45) is 2.29. The fourth-order valence-corrected chi connectivity index (χ4v) is 9.86. The van der Waals surface area contributed by atoms with Gasteiger partial charge < -0.3 is 19.9 Å². The molecule has 4 amide bonds. The Labute approximate surface area is 335 Å². The number of phenolic OH excluding ortho intramolecular Hbond substituents is 1. The predicted molar refractivity (Wildman–Crippen MR) is 219 cm³/mol. The molecule has 5 aromatic rings. The Morgan fingerprint density at radius 2 is 1.38 bits per heavy atom. The quantitative estimate of drug-likeness (QED) is 0.102. The number of aryl methyl sites for hydroxylation is 1. The van der Waals surface area contributed by atoms with Crippen molar-refractivity contribution >= 4 is 46.4 Å². The molecule has 11 nitrogen and oxygen atoms in total. The number of nitrogens with one attached hydrogen (secondary N) is 2. The van der Waals surface area contributed by atoms with E-state index in [-0.39, 0.29) is 36.2 Å². The number of nitrogens with zero attached hydrogens (tertiary/aromatic N) is 2. The molecule has 3 N–H and O–H groups in total. The van der Waals surface area contributed by atoms with Gasteiger partial charge in [0, 0.05) is 35.0 Å². The number of carbonyl (C=O) groups is 4. The zero-order valence-corrected chi connectivity index (χ0v) is 32.2. The van der Waals surface area contributed by atoms with Gasteiger partial charge in [0.15, 0.2) is 0 Å². The maximum atomic E-state index is 15.5. The lowest BCUT2D eigenvalue weighted by molar-refractivity contribution is -0.138. The lowest BCUT2D eigenvalue weighted by Crippen LogP contribution is -2.53. The van der Waals surface area contributed by atoms with Gasteiger partial charge in [-0.2, -0.15) is 5.01 Å². The minimum atomic E-state index is -1.59. The second-order valence-corrected chi connectivity index (χ2v) is 15.4. The molecule has 1 saturated carbocycles. The fraction of sp³-hybridized carbons (Fsp3) is 0.234. The molecule has 0 spiro atoms. The Morgan fingerprint density at radius 1 is 0.724 bits per heavy atom. The van der Waals surface area contributed by atoms with Crippen LogP contribution in [0.4, 0.5) is 22.7 Å². The number of imide groups is 2. The molecule has 5 aromatic carbocycles. The lowest BCUT2D eigenvalue weighted by Gasteiger charge is -2.50. The number of benzene rings is 5. The van der Waals surface area contributed by atoms with Crippen molar-refractivity contribution in [2.75, 3.05) is 29.9 Å². The molecule has 6 atom stereocenters. The zero-order valence-electron chi connectivity index (χ0n) is 32.2. The number of hydrazine groups is 1. The standard InChI is InChI=1S/C47H42N4O7/c1-27-14-16-31(17-15-27)49-51-44(54)37-26-36-34(42(41-38(52)24-33(57-2)25-39(41)58-3)47(37,46(51)56)28-10-6-4-7-11-28)22-23-35-40(36)45(55)50(43(35)53)32-20-18-30(19-21-32)48-29-12-8-5-9-13-29/h4-22,24-25,35-37,40,42,48-49,52H,23,26H2,1-3H3/t35-,36+,37-,40-,42+,47+/m0/s1. The first-order chi connectivity index (χ1) is 28.1. The number of hydrogen-bond acceptors (Lipinski definition) is 9. The van der Waals surface area contributed by atoms with E-state index in [9.17, 15) is 14.7 Å². The van der Waals surface area contributed by atoms with Crippen LogP contribution in [-0.2, 0) is 24.6 Å². The molecule has 4 aliphatic rings. The number of hydrogen-bond donors (Lipinski definition) is 3. The monoisotopic (exact) mass is 774 g/mol. The van der Waals surface area contributed by atoms with Gasteiger partial charge in [-0.25, -0.2) is 0 Å². The topological polar surface area (TPSA) is 138 Å². The number of allylic oxidation sites excluding steroid dienone is 2. The van der Waals surface area contributed by atoms with Crippen molar-refractivity contribution in [2.24, 2.45) is 23.7 Å². The lowest BCUT2D eigenvalue weighted by atomic mass is 9.49. The number of para-hydroxylation sites is 1. The zero-order chi connectivity index (χ0) is 40.3. The van der Waals surface area contributed by atoms with Gasteiger partial charge in [-0.15, -0.1) is 0 Å². The summed E-state index contributed by atoms with van der Waals surface area (Å²) in [6.45, 7) is 1.95. The van der Waals surface area contributed by atoms with Crippen molar-refractivity contribution in [3.63, 3.8) is 0 Å². The highest BCUT2D eigenvalue weighted by atomic mass is 16.5. The van der Waals surface area contributed by atoms with Gasteiger partial charge >= 0.3 is 0 Å². The van der Waals surface area contributed by atoms with Gasteiger partial charge in [-0.3, -0.25) is 29.5 Å². The third-order valence-electron chi connectivity index (χ3n) is 12.4. The van der Waals surface area contributed by atoms with Crippen LogP contribution in [0.25, 0.3) is 0 Å². The van der Waals surface area contributed by atoms with Crippen LogP contribution in [0.1, 0.15) is 35.4 Å². The molecule has 2 aliphatic heterocycles. The van der Waals surface area contributed by atoms with Crippen LogP contribution >= 0.6 is 0 Å². The van der Waals surface area contributed by atoms with Crippen LogP contribution in [0.5, 0.6) is 17.2 Å². The Morgan fingerprint density at radius 3 is 2.05 bits per heavy atom. The molecule has 292 valence electrons. The maximum absolute atomic E-state index is 15.5. The molecular weight excluding hydrogens is 733 g/mol. The van der Waals surface area contributed by atoms with Crippen LogP contribution in [0.3, 0.4) is 0 Å². The van der Waals surface area contributed by atoms with Crippen LogP contribution < -0.4 is 25.1 Å². The van der Waals surface area contributed by atoms with Crippen molar-refractivity contribution in [1.82, 2.24) is 5.01 Å². The van der Waals surface area contributed by atoms with E-state index < -0.39 is 46.8 Å². The highest BCUT2D eigenvalue weighted by Crippen LogP contribution is 2.66. The molecule has 0 aromatic heterocycles. The third kappa shape index (κ3) is 5.63. The summed E-state index contributed by atoms with van der Waals surface area (Å²) in [4.78, 5) is 60.9. The average molecular weight is 775 g/mol. The summed E-state index contributed by atoms with van der Waals surface area (Å²) < 4.78 is 11.4. The van der Waals surface area contributed by atoms with Crippen LogP contribution in [0.15, 0.2) is 133 Å². The van der Waals surface area contributed by atoms with Crippen molar-refractivity contribution < 1.29 is 33.8 Å². The molecule has 9 rings (SSSR count). The van der Waals surface area contributed by atoms with E-state index in [1.54, 1.807) is 30.3 Å². The molecule has 2 heterocycles. The van der Waals surface area contributed by atoms with Crippen LogP contribution in [0.2, 0.25) is 0 Å². The Hall–Kier alpha value is -6.88. The Balaban J connectivity index is 1.18. The van der Waals surface area contributed by atoms with Gasteiger partial charge in [-0.1, -0.05) is 77.9 Å². The van der Waals surface area contributed by atoms with Gasteiger partial charge in [-0.05, 0) is 79.8 Å². The first-order valence-corrected chi connectivity index (χ1v) is 19.4. The van der Waals surface area contributed by atoms with Crippen LogP contribution in [0, 0.1) is 30.6 Å². The predicted octanol–water partition coefficient (Wildman–Crippen LogP) is 7.65. The number of aromatic hydroxyl groups is 1. The summed E-state index contributed by atoms with van der Waals surface area (Å²) in [5, 5.41) is 16.4. The second kappa shape index (κ2) is 14.3. The van der Waals surface area contributed by atoms with Crippen LogP contribution in [-0.4, -0.2) is 48.0 Å². The summed E-state index contributed by atoms with van der Waals surface area (Å²) >= 11 is 0. The smallest absolute Gasteiger partial charge is 0.260 e. The second-order valence-electron chi connectivity index (χ2n) is 15.4. The molecule has 58 heavy (non-hydrogen) atoms. The number of fused-ring (bicyclic) bond motifs is 4. The average Bonchev–Trinajstić information content (AvgIpc) is 3.63. The fourth-order valence-electron chi connectivity index (χ4n) is 9.86. The largest absolute Gasteiger partial charge is 0.507 e. The molecule has 2 saturated heterocycles. The number of amides is 4. The van der Waals surface area contributed by atoms with E-state index in [0.717, 1.165) is 21.9 Å². The first kappa shape index (κ1) is 36.7.